The molecule has 1 aliphatic carbocycles. The molecule has 0 unspecified atom stereocenters. The predicted octanol–water partition coefficient (Wildman–Crippen LogP) is 1.61. The maximum Gasteiger partial charge on any atom is 0.270 e. The fourth-order valence-corrected chi connectivity index (χ4v) is 2.11. The van der Waals surface area contributed by atoms with Crippen molar-refractivity contribution >= 4 is 17.5 Å². The SMILES string of the molecule is Cc1cn[nH]c1C(=O)NC1(CCl)CCC1. The van der Waals surface area contributed by atoms with E-state index in [9.17, 15) is 4.79 Å². The van der Waals surface area contributed by atoms with E-state index in [1.807, 2.05) is 6.92 Å². The summed E-state index contributed by atoms with van der Waals surface area (Å²) in [5.41, 5.74) is 1.21. The molecule has 1 saturated carbocycles. The first kappa shape index (κ1) is 10.5. The number of aromatic amines is 1. The largest absolute Gasteiger partial charge is 0.344 e. The minimum Gasteiger partial charge on any atom is -0.344 e. The number of nitrogens with zero attached hydrogens (tertiary/aromatic N) is 1. The molecular formula is C10H14ClN3O. The van der Waals surface area contributed by atoms with E-state index in [-0.39, 0.29) is 11.4 Å². The van der Waals surface area contributed by atoms with E-state index in [0.29, 0.717) is 11.6 Å². The number of H-pyrrole nitrogens is 1. The standard InChI is InChI=1S/C10H14ClN3O/c1-7-5-12-14-8(7)9(15)13-10(6-11)3-2-4-10/h5H,2-4,6H2,1H3,(H,12,14)(H,13,15). The monoisotopic (exact) mass is 227 g/mol. The Hall–Kier alpha value is -1.03. The molecule has 2 N–H and O–H groups in total. The van der Waals surface area contributed by atoms with Crippen LogP contribution in [0.3, 0.4) is 0 Å². The number of amides is 1. The summed E-state index contributed by atoms with van der Waals surface area (Å²) in [5.74, 6) is 0.372. The maximum absolute atomic E-state index is 11.9. The van der Waals surface area contributed by atoms with Gasteiger partial charge in [0.05, 0.1) is 11.7 Å². The lowest BCUT2D eigenvalue weighted by Gasteiger charge is -2.40. The second-order valence-electron chi connectivity index (χ2n) is 4.15. The molecule has 1 aromatic heterocycles. The van der Waals surface area contributed by atoms with E-state index in [1.165, 1.54) is 0 Å². The number of halogens is 1. The normalized spacial score (nSPS) is 18.3. The van der Waals surface area contributed by atoms with Crippen LogP contribution in [0.2, 0.25) is 0 Å². The Morgan fingerprint density at radius 3 is 2.87 bits per heavy atom. The Labute approximate surface area is 93.4 Å². The smallest absolute Gasteiger partial charge is 0.270 e. The number of carbonyl (C=O) groups is 1. The summed E-state index contributed by atoms with van der Waals surface area (Å²) in [6.07, 6.45) is 4.71. The van der Waals surface area contributed by atoms with Crippen LogP contribution in [0.25, 0.3) is 0 Å². The van der Waals surface area contributed by atoms with Gasteiger partial charge in [-0.05, 0) is 31.7 Å². The summed E-state index contributed by atoms with van der Waals surface area (Å²) in [7, 11) is 0. The molecule has 15 heavy (non-hydrogen) atoms. The van der Waals surface area contributed by atoms with Crippen molar-refractivity contribution in [3.05, 3.63) is 17.5 Å². The molecule has 1 fully saturated rings. The van der Waals surface area contributed by atoms with Crippen LogP contribution in [0.5, 0.6) is 0 Å². The predicted molar refractivity (Wildman–Crippen MR) is 58.1 cm³/mol. The van der Waals surface area contributed by atoms with Gasteiger partial charge in [-0.15, -0.1) is 11.6 Å². The van der Waals surface area contributed by atoms with E-state index < -0.39 is 0 Å². The van der Waals surface area contributed by atoms with Crippen LogP contribution in [0, 0.1) is 6.92 Å². The lowest BCUT2D eigenvalue weighted by molar-refractivity contribution is 0.0848. The van der Waals surface area contributed by atoms with Gasteiger partial charge in [0.1, 0.15) is 5.69 Å². The number of hydrogen-bond donors (Lipinski definition) is 2. The molecule has 1 aliphatic rings. The van der Waals surface area contributed by atoms with Crippen LogP contribution in [0.4, 0.5) is 0 Å². The first-order valence-electron chi connectivity index (χ1n) is 5.05. The number of hydrogen-bond acceptors (Lipinski definition) is 2. The zero-order valence-electron chi connectivity index (χ0n) is 8.64. The summed E-state index contributed by atoms with van der Waals surface area (Å²) in [6, 6.07) is 0. The van der Waals surface area contributed by atoms with Gasteiger partial charge in [-0.25, -0.2) is 0 Å². The minimum atomic E-state index is -0.184. The second-order valence-corrected chi connectivity index (χ2v) is 4.42. The number of alkyl halides is 1. The Kier molecular flexibility index (Phi) is 2.69. The first-order valence-corrected chi connectivity index (χ1v) is 5.59. The summed E-state index contributed by atoms with van der Waals surface area (Å²) >= 11 is 5.86. The second kappa shape index (κ2) is 3.85. The highest BCUT2D eigenvalue weighted by Gasteiger charge is 2.38. The van der Waals surface area contributed by atoms with Crippen LogP contribution in [-0.2, 0) is 0 Å². The topological polar surface area (TPSA) is 57.8 Å². The summed E-state index contributed by atoms with van der Waals surface area (Å²) in [5, 5.41) is 9.50. The van der Waals surface area contributed by atoms with Crippen molar-refractivity contribution in [2.24, 2.45) is 0 Å². The van der Waals surface area contributed by atoms with Crippen LogP contribution in [-0.4, -0.2) is 27.5 Å². The van der Waals surface area contributed by atoms with Crippen LogP contribution < -0.4 is 5.32 Å². The molecule has 0 bridgehead atoms. The molecule has 0 radical (unpaired) electrons. The van der Waals surface area contributed by atoms with Gasteiger partial charge in [0.25, 0.3) is 5.91 Å². The molecule has 1 amide bonds. The molecule has 4 nitrogen and oxygen atoms in total. The summed E-state index contributed by atoms with van der Waals surface area (Å²) < 4.78 is 0. The van der Waals surface area contributed by atoms with E-state index in [1.54, 1.807) is 6.20 Å². The highest BCUT2D eigenvalue weighted by atomic mass is 35.5. The Balaban J connectivity index is 2.07. The zero-order chi connectivity index (χ0) is 10.9. The number of carbonyl (C=O) groups excluding carboxylic acids is 1. The number of nitrogens with one attached hydrogen (secondary N) is 2. The average Bonchev–Trinajstić information content (AvgIpc) is 2.58. The molecule has 2 rings (SSSR count). The molecular weight excluding hydrogens is 214 g/mol. The van der Waals surface area contributed by atoms with E-state index >= 15 is 0 Å². The van der Waals surface area contributed by atoms with Crippen LogP contribution in [0.1, 0.15) is 35.3 Å². The molecule has 0 atom stereocenters. The molecule has 1 aromatic rings. The highest BCUT2D eigenvalue weighted by Crippen LogP contribution is 2.33. The fourth-order valence-electron chi connectivity index (χ4n) is 1.78. The van der Waals surface area contributed by atoms with E-state index in [0.717, 1.165) is 24.8 Å². The molecule has 0 saturated heterocycles. The Bertz CT molecular complexity index is 365. The maximum atomic E-state index is 11.9. The average molecular weight is 228 g/mol. The fraction of sp³-hybridized carbons (Fsp3) is 0.600. The van der Waals surface area contributed by atoms with Gasteiger partial charge in [-0.3, -0.25) is 9.89 Å². The van der Waals surface area contributed by atoms with Gasteiger partial charge >= 0.3 is 0 Å². The van der Waals surface area contributed by atoms with Gasteiger partial charge in [0.15, 0.2) is 0 Å². The molecule has 0 aliphatic heterocycles. The van der Waals surface area contributed by atoms with Gasteiger partial charge in [-0.1, -0.05) is 0 Å². The van der Waals surface area contributed by atoms with Crippen LogP contribution >= 0.6 is 11.6 Å². The summed E-state index contributed by atoms with van der Waals surface area (Å²) in [4.78, 5) is 11.9. The van der Waals surface area contributed by atoms with Gasteiger partial charge in [0, 0.05) is 5.88 Å². The van der Waals surface area contributed by atoms with Crippen molar-refractivity contribution in [2.45, 2.75) is 31.7 Å². The lowest BCUT2D eigenvalue weighted by Crippen LogP contribution is -2.55. The lowest BCUT2D eigenvalue weighted by atomic mass is 9.78. The zero-order valence-corrected chi connectivity index (χ0v) is 9.40. The first-order chi connectivity index (χ1) is 7.17. The van der Waals surface area contributed by atoms with Crippen molar-refractivity contribution in [2.75, 3.05) is 5.88 Å². The van der Waals surface area contributed by atoms with Crippen molar-refractivity contribution < 1.29 is 4.79 Å². The van der Waals surface area contributed by atoms with E-state index in [2.05, 4.69) is 15.5 Å². The third kappa shape index (κ3) is 1.86. The van der Waals surface area contributed by atoms with Gasteiger partial charge < -0.3 is 5.32 Å². The molecule has 0 aromatic carbocycles. The minimum absolute atomic E-state index is 0.106. The number of rotatable bonds is 3. The van der Waals surface area contributed by atoms with Gasteiger partial charge in [0.2, 0.25) is 0 Å². The third-order valence-electron chi connectivity index (χ3n) is 3.00. The third-order valence-corrected chi connectivity index (χ3v) is 3.51. The highest BCUT2D eigenvalue weighted by molar-refractivity contribution is 6.19. The molecule has 0 spiro atoms. The van der Waals surface area contributed by atoms with Crippen molar-refractivity contribution in [1.29, 1.82) is 0 Å². The van der Waals surface area contributed by atoms with E-state index in [4.69, 9.17) is 11.6 Å². The number of aromatic nitrogens is 2. The molecule has 1 heterocycles. The Morgan fingerprint density at radius 1 is 1.73 bits per heavy atom. The molecule has 5 heteroatoms. The quantitative estimate of drug-likeness (QED) is 0.771. The number of aryl methyl sites for hydroxylation is 1. The van der Waals surface area contributed by atoms with Crippen molar-refractivity contribution in [3.63, 3.8) is 0 Å². The molecule has 82 valence electrons. The van der Waals surface area contributed by atoms with Crippen molar-refractivity contribution in [1.82, 2.24) is 15.5 Å². The Morgan fingerprint density at radius 2 is 2.47 bits per heavy atom. The van der Waals surface area contributed by atoms with Crippen molar-refractivity contribution in [3.8, 4) is 0 Å². The van der Waals surface area contributed by atoms with Gasteiger partial charge in [-0.2, -0.15) is 5.10 Å². The van der Waals surface area contributed by atoms with Crippen LogP contribution in [0.15, 0.2) is 6.20 Å². The summed E-state index contributed by atoms with van der Waals surface area (Å²) in [6.45, 7) is 1.85.